The quantitative estimate of drug-likeness (QED) is 0.122. The van der Waals surface area contributed by atoms with Gasteiger partial charge in [-0.1, -0.05) is 18.2 Å². The molecular weight excluding hydrogens is 447 g/mol. The van der Waals surface area contributed by atoms with Crippen LogP contribution >= 0.6 is 11.8 Å². The molecule has 0 aliphatic rings. The van der Waals surface area contributed by atoms with Gasteiger partial charge in [0.2, 0.25) is 0 Å². The highest BCUT2D eigenvalue weighted by molar-refractivity contribution is 7.98. The van der Waals surface area contributed by atoms with Gasteiger partial charge >= 0.3 is 5.97 Å². The van der Waals surface area contributed by atoms with Gasteiger partial charge in [0.25, 0.3) is 5.09 Å². The van der Waals surface area contributed by atoms with Crippen LogP contribution < -0.4 is 0 Å². The number of nitrogens with zero attached hydrogens (tertiary/aromatic N) is 2. The summed E-state index contributed by atoms with van der Waals surface area (Å²) in [6, 6.07) is 16.3. The molecule has 33 heavy (non-hydrogen) atoms. The zero-order valence-electron chi connectivity index (χ0n) is 18.5. The summed E-state index contributed by atoms with van der Waals surface area (Å²) in [5.74, 6) is -0.736. The average Bonchev–Trinajstić information content (AvgIpc) is 3.11. The summed E-state index contributed by atoms with van der Waals surface area (Å²) in [5.41, 5.74) is 4.07. The number of hydrogen-bond donors (Lipinski definition) is 0. The molecule has 3 aromatic rings. The lowest BCUT2D eigenvalue weighted by molar-refractivity contribution is -0.757. The Labute approximate surface area is 195 Å². The molecular formula is C24H25FN2O5S. The first-order valence-electron chi connectivity index (χ1n) is 10.4. The maximum Gasteiger partial charge on any atom is 0.310 e. The highest BCUT2D eigenvalue weighted by Gasteiger charge is 2.18. The van der Waals surface area contributed by atoms with Gasteiger partial charge in [0, 0.05) is 16.3 Å². The van der Waals surface area contributed by atoms with E-state index in [1.807, 2.05) is 54.1 Å². The third-order valence-electron chi connectivity index (χ3n) is 5.14. The monoisotopic (exact) mass is 472 g/mol. The topological polar surface area (TPSA) is 83.6 Å². The Morgan fingerprint density at radius 3 is 2.52 bits per heavy atom. The van der Waals surface area contributed by atoms with Crippen molar-refractivity contribution in [1.82, 2.24) is 4.57 Å². The predicted octanol–water partition coefficient (Wildman–Crippen LogP) is 5.39. The summed E-state index contributed by atoms with van der Waals surface area (Å²) in [7, 11) is 0. The maximum absolute atomic E-state index is 14.0. The third kappa shape index (κ3) is 6.58. The lowest BCUT2D eigenvalue weighted by Gasteiger charge is -2.13. The predicted molar refractivity (Wildman–Crippen MR) is 125 cm³/mol. The summed E-state index contributed by atoms with van der Waals surface area (Å²) in [6.07, 6.45) is 2.96. The lowest BCUT2D eigenvalue weighted by Crippen LogP contribution is -2.11. The van der Waals surface area contributed by atoms with Crippen LogP contribution in [0.1, 0.15) is 24.1 Å². The van der Waals surface area contributed by atoms with Crippen LogP contribution in [-0.4, -0.2) is 35.1 Å². The molecule has 0 atom stereocenters. The van der Waals surface area contributed by atoms with Crippen LogP contribution in [0.5, 0.6) is 0 Å². The number of hydrogen-bond acceptors (Lipinski definition) is 6. The second kappa shape index (κ2) is 11.5. The van der Waals surface area contributed by atoms with Crippen molar-refractivity contribution in [3.8, 4) is 16.9 Å². The van der Waals surface area contributed by atoms with E-state index >= 15 is 0 Å². The summed E-state index contributed by atoms with van der Waals surface area (Å²) >= 11 is 1.65. The molecule has 1 heterocycles. The fourth-order valence-corrected chi connectivity index (χ4v) is 3.90. The van der Waals surface area contributed by atoms with Crippen LogP contribution in [0.4, 0.5) is 4.39 Å². The summed E-state index contributed by atoms with van der Waals surface area (Å²) < 4.78 is 21.2. The van der Waals surface area contributed by atoms with Gasteiger partial charge in [0.05, 0.1) is 25.3 Å². The smallest absolute Gasteiger partial charge is 0.310 e. The van der Waals surface area contributed by atoms with Crippen LogP contribution in [0.15, 0.2) is 59.5 Å². The molecule has 7 nitrogen and oxygen atoms in total. The van der Waals surface area contributed by atoms with Gasteiger partial charge in [-0.2, -0.15) is 0 Å². The largest absolute Gasteiger partial charge is 0.465 e. The van der Waals surface area contributed by atoms with Crippen molar-refractivity contribution < 1.29 is 23.8 Å². The molecule has 0 aliphatic heterocycles. The number of halogens is 1. The molecule has 0 spiro atoms. The standard InChI is InChI=1S/C24H25FN2O5S/c1-17-19(15-24(28)31-12-3-4-13-32-27(29)30)14-23(18-8-10-22(33-2)11-9-18)26(17)21-7-5-6-20(25)16-21/h5-11,14,16H,3-4,12-13,15H2,1-2H3. The number of carbonyl (C=O) groups is 1. The fraction of sp³-hybridized carbons (Fsp3) is 0.292. The highest BCUT2D eigenvalue weighted by Crippen LogP contribution is 2.31. The first-order valence-corrected chi connectivity index (χ1v) is 11.7. The van der Waals surface area contributed by atoms with Crippen molar-refractivity contribution in [2.45, 2.75) is 31.1 Å². The van der Waals surface area contributed by atoms with Gasteiger partial charge in [0.15, 0.2) is 0 Å². The second-order valence-corrected chi connectivity index (χ2v) is 8.22. The number of rotatable bonds is 11. The average molecular weight is 473 g/mol. The number of ether oxygens (including phenoxy) is 1. The number of aromatic nitrogens is 1. The molecule has 1 aromatic heterocycles. The van der Waals surface area contributed by atoms with Gasteiger partial charge in [-0.25, -0.2) is 4.39 Å². The Hall–Kier alpha value is -3.33. The lowest BCUT2D eigenvalue weighted by atomic mass is 10.1. The Morgan fingerprint density at radius 2 is 1.85 bits per heavy atom. The highest BCUT2D eigenvalue weighted by atomic mass is 32.2. The van der Waals surface area contributed by atoms with E-state index in [4.69, 9.17) is 4.74 Å². The van der Waals surface area contributed by atoms with Gasteiger partial charge < -0.3 is 14.1 Å². The Kier molecular flexibility index (Phi) is 8.48. The summed E-state index contributed by atoms with van der Waals surface area (Å²) in [5, 5.41) is 9.29. The first-order chi connectivity index (χ1) is 15.9. The molecule has 174 valence electrons. The van der Waals surface area contributed by atoms with Crippen LogP contribution in [-0.2, 0) is 20.8 Å². The molecule has 3 rings (SSSR count). The van der Waals surface area contributed by atoms with Crippen molar-refractivity contribution in [2.75, 3.05) is 19.5 Å². The molecule has 9 heteroatoms. The van der Waals surface area contributed by atoms with Crippen molar-refractivity contribution in [3.05, 3.63) is 81.8 Å². The van der Waals surface area contributed by atoms with E-state index < -0.39 is 11.1 Å². The zero-order valence-corrected chi connectivity index (χ0v) is 19.3. The normalized spacial score (nSPS) is 10.8. The van der Waals surface area contributed by atoms with Crippen molar-refractivity contribution in [1.29, 1.82) is 0 Å². The molecule has 0 N–H and O–H groups in total. The minimum atomic E-state index is -0.843. The van der Waals surface area contributed by atoms with Crippen LogP contribution in [0.3, 0.4) is 0 Å². The number of unbranched alkanes of at least 4 members (excludes halogenated alkanes) is 1. The maximum atomic E-state index is 14.0. The minimum Gasteiger partial charge on any atom is -0.465 e. The van der Waals surface area contributed by atoms with E-state index in [2.05, 4.69) is 4.84 Å². The molecule has 0 radical (unpaired) electrons. The van der Waals surface area contributed by atoms with Crippen molar-refractivity contribution in [2.24, 2.45) is 0 Å². The third-order valence-corrected chi connectivity index (χ3v) is 5.88. The van der Waals surface area contributed by atoms with Gasteiger partial charge in [-0.05, 0) is 73.5 Å². The SMILES string of the molecule is CSc1ccc(-c2cc(CC(=O)OCCCCO[N+](=O)[O-])c(C)n2-c2cccc(F)c2)cc1. The van der Waals surface area contributed by atoms with Gasteiger partial charge in [-0.15, -0.1) is 21.9 Å². The molecule has 0 amide bonds. The second-order valence-electron chi connectivity index (χ2n) is 7.35. The number of thioether (sulfide) groups is 1. The van der Waals surface area contributed by atoms with E-state index in [0.29, 0.717) is 18.5 Å². The summed E-state index contributed by atoms with van der Waals surface area (Å²) in [4.78, 5) is 27.9. The van der Waals surface area contributed by atoms with Crippen LogP contribution in [0, 0.1) is 22.9 Å². The van der Waals surface area contributed by atoms with Crippen molar-refractivity contribution >= 4 is 17.7 Å². The van der Waals surface area contributed by atoms with E-state index in [-0.39, 0.29) is 25.5 Å². The number of carbonyl (C=O) groups excluding carboxylic acids is 1. The van der Waals surface area contributed by atoms with Crippen molar-refractivity contribution in [3.63, 3.8) is 0 Å². The van der Waals surface area contributed by atoms with E-state index in [1.165, 1.54) is 12.1 Å². The molecule has 0 bridgehead atoms. The fourth-order valence-electron chi connectivity index (χ4n) is 3.50. The Balaban J connectivity index is 1.79. The molecule has 0 saturated heterocycles. The minimum absolute atomic E-state index is 0.0289. The number of benzene rings is 2. The Morgan fingerprint density at radius 1 is 1.12 bits per heavy atom. The van der Waals surface area contributed by atoms with E-state index in [0.717, 1.165) is 27.4 Å². The van der Waals surface area contributed by atoms with E-state index in [9.17, 15) is 19.3 Å². The molecule has 2 aromatic carbocycles. The van der Waals surface area contributed by atoms with Crippen LogP contribution in [0.25, 0.3) is 16.9 Å². The Bertz CT molecular complexity index is 1110. The summed E-state index contributed by atoms with van der Waals surface area (Å²) in [6.45, 7) is 2.02. The molecule has 0 unspecified atom stereocenters. The zero-order chi connectivity index (χ0) is 23.8. The van der Waals surface area contributed by atoms with Crippen LogP contribution in [0.2, 0.25) is 0 Å². The van der Waals surface area contributed by atoms with E-state index in [1.54, 1.807) is 17.8 Å². The van der Waals surface area contributed by atoms with Gasteiger partial charge in [-0.3, -0.25) is 4.79 Å². The molecule has 0 aliphatic carbocycles. The molecule has 0 saturated carbocycles. The van der Waals surface area contributed by atoms with Gasteiger partial charge in [0.1, 0.15) is 5.82 Å². The number of esters is 1. The molecule has 0 fully saturated rings. The first kappa shape index (κ1) is 24.3.